The molecule has 0 heterocycles. The zero-order chi connectivity index (χ0) is 13.8. The maximum Gasteiger partial charge on any atom is 0.221 e. The molecule has 0 spiro atoms. The normalized spacial score (nSPS) is 20.1. The van der Waals surface area contributed by atoms with Crippen LogP contribution in [-0.2, 0) is 4.79 Å². The summed E-state index contributed by atoms with van der Waals surface area (Å²) in [6.07, 6.45) is 7.21. The second-order valence-corrected chi connectivity index (χ2v) is 8.02. The fourth-order valence-corrected chi connectivity index (χ4v) is 3.37. The van der Waals surface area contributed by atoms with Gasteiger partial charge in [-0.15, -0.1) is 0 Å². The molecule has 0 saturated heterocycles. The number of amides is 1. The molecule has 106 valence electrons. The summed E-state index contributed by atoms with van der Waals surface area (Å²) in [5, 5.41) is 3.05. The van der Waals surface area contributed by atoms with Crippen LogP contribution in [0, 0.1) is 5.41 Å². The summed E-state index contributed by atoms with van der Waals surface area (Å²) in [7, 11) is 0. The van der Waals surface area contributed by atoms with Crippen molar-refractivity contribution in [1.82, 2.24) is 5.32 Å². The molecule has 18 heavy (non-hydrogen) atoms. The molecular formula is C14H28N2OS. The van der Waals surface area contributed by atoms with Crippen molar-refractivity contribution in [1.29, 1.82) is 0 Å². The topological polar surface area (TPSA) is 55.1 Å². The summed E-state index contributed by atoms with van der Waals surface area (Å²) < 4.78 is 0.309. The van der Waals surface area contributed by atoms with E-state index in [1.807, 2.05) is 11.8 Å². The first-order valence-corrected chi connectivity index (χ1v) is 8.06. The standard InChI is InChI=1S/C14H28N2OS/c1-13(2,3)9-11(15)8-12(17)16-10-14(18-4)6-5-7-14/h11H,5-10,15H2,1-4H3,(H,16,17). The molecule has 3 N–H and O–H groups in total. The fraction of sp³-hybridized carbons (Fsp3) is 0.929. The van der Waals surface area contributed by atoms with E-state index in [4.69, 9.17) is 5.73 Å². The molecule has 1 saturated carbocycles. The summed E-state index contributed by atoms with van der Waals surface area (Å²) >= 11 is 1.88. The SMILES string of the molecule is CSC1(CNC(=O)CC(N)CC(C)(C)C)CCC1. The maximum absolute atomic E-state index is 11.8. The van der Waals surface area contributed by atoms with Crippen molar-refractivity contribution in [3.8, 4) is 0 Å². The van der Waals surface area contributed by atoms with E-state index in [-0.39, 0.29) is 17.4 Å². The average Bonchev–Trinajstić information content (AvgIpc) is 2.13. The number of hydrogen-bond acceptors (Lipinski definition) is 3. The van der Waals surface area contributed by atoms with Gasteiger partial charge < -0.3 is 11.1 Å². The van der Waals surface area contributed by atoms with E-state index < -0.39 is 0 Å². The minimum absolute atomic E-state index is 0.0309. The minimum Gasteiger partial charge on any atom is -0.355 e. The minimum atomic E-state index is -0.0309. The second kappa shape index (κ2) is 6.29. The molecule has 1 amide bonds. The number of nitrogens with two attached hydrogens (primary N) is 1. The van der Waals surface area contributed by atoms with E-state index >= 15 is 0 Å². The Hall–Kier alpha value is -0.220. The zero-order valence-corrected chi connectivity index (χ0v) is 13.0. The number of carbonyl (C=O) groups excluding carboxylic acids is 1. The van der Waals surface area contributed by atoms with Crippen LogP contribution in [0.3, 0.4) is 0 Å². The van der Waals surface area contributed by atoms with E-state index in [1.54, 1.807) is 0 Å². The van der Waals surface area contributed by atoms with Gasteiger partial charge in [-0.25, -0.2) is 0 Å². The van der Waals surface area contributed by atoms with E-state index in [0.717, 1.165) is 13.0 Å². The van der Waals surface area contributed by atoms with Gasteiger partial charge in [0.25, 0.3) is 0 Å². The Balaban J connectivity index is 2.25. The van der Waals surface area contributed by atoms with Crippen LogP contribution >= 0.6 is 11.8 Å². The van der Waals surface area contributed by atoms with Gasteiger partial charge in [0.2, 0.25) is 5.91 Å². The molecule has 3 nitrogen and oxygen atoms in total. The lowest BCUT2D eigenvalue weighted by molar-refractivity contribution is -0.121. The lowest BCUT2D eigenvalue weighted by Gasteiger charge is -2.40. The summed E-state index contributed by atoms with van der Waals surface area (Å²) in [5.41, 5.74) is 6.20. The first-order valence-electron chi connectivity index (χ1n) is 6.84. The number of nitrogens with one attached hydrogen (secondary N) is 1. The molecule has 0 aliphatic heterocycles. The Labute approximate surface area is 116 Å². The third kappa shape index (κ3) is 5.19. The maximum atomic E-state index is 11.8. The van der Waals surface area contributed by atoms with E-state index in [9.17, 15) is 4.79 Å². The van der Waals surface area contributed by atoms with Crippen LogP contribution in [0.15, 0.2) is 0 Å². The van der Waals surface area contributed by atoms with Gasteiger partial charge in [-0.2, -0.15) is 11.8 Å². The van der Waals surface area contributed by atoms with Crippen LogP contribution in [0.4, 0.5) is 0 Å². The molecule has 1 aliphatic rings. The monoisotopic (exact) mass is 272 g/mol. The van der Waals surface area contributed by atoms with Gasteiger partial charge in [-0.1, -0.05) is 27.2 Å². The van der Waals surface area contributed by atoms with Crippen molar-refractivity contribution in [2.45, 2.75) is 63.7 Å². The van der Waals surface area contributed by atoms with Crippen molar-refractivity contribution >= 4 is 17.7 Å². The van der Waals surface area contributed by atoms with Crippen LogP contribution in [-0.4, -0.2) is 29.5 Å². The van der Waals surface area contributed by atoms with Crippen LogP contribution in [0.1, 0.15) is 52.9 Å². The quantitative estimate of drug-likeness (QED) is 0.781. The van der Waals surface area contributed by atoms with Gasteiger partial charge in [0.1, 0.15) is 0 Å². The molecule has 1 unspecified atom stereocenters. The van der Waals surface area contributed by atoms with E-state index in [2.05, 4.69) is 32.3 Å². The number of rotatable bonds is 6. The zero-order valence-electron chi connectivity index (χ0n) is 12.2. The van der Waals surface area contributed by atoms with Gasteiger partial charge in [-0.3, -0.25) is 4.79 Å². The predicted octanol–water partition coefficient (Wildman–Crippen LogP) is 2.54. The molecule has 1 rings (SSSR count). The molecule has 1 fully saturated rings. The highest BCUT2D eigenvalue weighted by Gasteiger charge is 2.36. The first-order chi connectivity index (χ1) is 8.26. The Morgan fingerprint density at radius 3 is 2.44 bits per heavy atom. The number of thioether (sulfide) groups is 1. The summed E-state index contributed by atoms with van der Waals surface area (Å²) in [6.45, 7) is 7.26. The van der Waals surface area contributed by atoms with Gasteiger partial charge in [0.05, 0.1) is 0 Å². The third-order valence-corrected chi connectivity index (χ3v) is 5.05. The van der Waals surface area contributed by atoms with Gasteiger partial charge >= 0.3 is 0 Å². The van der Waals surface area contributed by atoms with Crippen LogP contribution in [0.5, 0.6) is 0 Å². The summed E-state index contributed by atoms with van der Waals surface area (Å²) in [6, 6.07) is -0.0309. The second-order valence-electron chi connectivity index (χ2n) is 6.75. The van der Waals surface area contributed by atoms with E-state index in [0.29, 0.717) is 11.2 Å². The predicted molar refractivity (Wildman–Crippen MR) is 79.8 cm³/mol. The van der Waals surface area contributed by atoms with E-state index in [1.165, 1.54) is 19.3 Å². The van der Waals surface area contributed by atoms with Gasteiger partial charge in [-0.05, 0) is 30.9 Å². The number of hydrogen-bond donors (Lipinski definition) is 2. The summed E-state index contributed by atoms with van der Waals surface area (Å²) in [4.78, 5) is 11.8. The van der Waals surface area contributed by atoms with Gasteiger partial charge in [0, 0.05) is 23.8 Å². The smallest absolute Gasteiger partial charge is 0.221 e. The molecule has 0 radical (unpaired) electrons. The molecule has 1 atom stereocenters. The fourth-order valence-electron chi connectivity index (χ4n) is 2.45. The van der Waals surface area contributed by atoms with Crippen LogP contribution in [0.2, 0.25) is 0 Å². The Kier molecular flexibility index (Phi) is 5.53. The molecule has 1 aliphatic carbocycles. The Bertz CT molecular complexity index is 276. The molecule has 0 aromatic rings. The molecule has 4 heteroatoms. The Morgan fingerprint density at radius 1 is 1.44 bits per heavy atom. The lowest BCUT2D eigenvalue weighted by Crippen LogP contribution is -2.46. The van der Waals surface area contributed by atoms with Crippen molar-refractivity contribution < 1.29 is 4.79 Å². The average molecular weight is 272 g/mol. The first kappa shape index (κ1) is 15.8. The Morgan fingerprint density at radius 2 is 2.06 bits per heavy atom. The van der Waals surface area contributed by atoms with Gasteiger partial charge in [0.15, 0.2) is 0 Å². The molecule has 0 aromatic heterocycles. The lowest BCUT2D eigenvalue weighted by atomic mass is 9.84. The largest absolute Gasteiger partial charge is 0.355 e. The third-order valence-electron chi connectivity index (χ3n) is 3.63. The molecule has 0 bridgehead atoms. The highest BCUT2D eigenvalue weighted by molar-refractivity contribution is 8.00. The molecular weight excluding hydrogens is 244 g/mol. The van der Waals surface area contributed by atoms with Crippen molar-refractivity contribution in [3.63, 3.8) is 0 Å². The van der Waals surface area contributed by atoms with Crippen molar-refractivity contribution in [2.75, 3.05) is 12.8 Å². The van der Waals surface area contributed by atoms with Crippen molar-refractivity contribution in [3.05, 3.63) is 0 Å². The highest BCUT2D eigenvalue weighted by Crippen LogP contribution is 2.42. The summed E-state index contributed by atoms with van der Waals surface area (Å²) in [5.74, 6) is 0.104. The van der Waals surface area contributed by atoms with Crippen molar-refractivity contribution in [2.24, 2.45) is 11.1 Å². The number of carbonyl (C=O) groups is 1. The highest BCUT2D eigenvalue weighted by atomic mass is 32.2. The van der Waals surface area contributed by atoms with Crippen LogP contribution in [0.25, 0.3) is 0 Å². The van der Waals surface area contributed by atoms with Crippen LogP contribution < -0.4 is 11.1 Å². The molecule has 0 aromatic carbocycles.